The summed E-state index contributed by atoms with van der Waals surface area (Å²) in [7, 11) is 0. The van der Waals surface area contributed by atoms with Gasteiger partial charge in [0.1, 0.15) is 6.10 Å². The fourth-order valence-corrected chi connectivity index (χ4v) is 6.68. The highest BCUT2D eigenvalue weighted by Crippen LogP contribution is 2.44. The molecule has 6 aliphatic heterocycles. The third kappa shape index (κ3) is 1.98. The predicted molar refractivity (Wildman–Crippen MR) is 82.8 cm³/mol. The quantitative estimate of drug-likeness (QED) is 0.698. The van der Waals surface area contributed by atoms with Crippen molar-refractivity contribution >= 4 is 5.97 Å². The number of hydrogen-bond donors (Lipinski definition) is 2. The normalized spacial score (nSPS) is 58.6. The van der Waals surface area contributed by atoms with Crippen molar-refractivity contribution in [3.63, 3.8) is 0 Å². The van der Waals surface area contributed by atoms with Crippen molar-refractivity contribution < 1.29 is 9.53 Å². The van der Waals surface area contributed by atoms with Gasteiger partial charge in [-0.3, -0.25) is 10.2 Å². The van der Waals surface area contributed by atoms with Gasteiger partial charge >= 0.3 is 5.97 Å². The maximum atomic E-state index is 13.0. The molecule has 0 amide bonds. The minimum absolute atomic E-state index is 0.0836. The van der Waals surface area contributed by atoms with Crippen molar-refractivity contribution in [1.82, 2.24) is 20.9 Å². The molecule has 2 N–H and O–H groups in total. The Kier molecular flexibility index (Phi) is 2.77. The van der Waals surface area contributed by atoms with Gasteiger partial charge in [0.2, 0.25) is 0 Å². The maximum absolute atomic E-state index is 13.0. The lowest BCUT2D eigenvalue weighted by Crippen LogP contribution is -2.71. The van der Waals surface area contributed by atoms with Gasteiger partial charge in [-0.2, -0.15) is 0 Å². The first kappa shape index (κ1) is 13.6. The number of esters is 1. The first-order valence-corrected chi connectivity index (χ1v) is 9.45. The fraction of sp³-hybridized carbons (Fsp3) is 0.941. The number of hydrazine groups is 2. The second-order valence-electron chi connectivity index (χ2n) is 8.90. The van der Waals surface area contributed by atoms with Crippen LogP contribution in [-0.2, 0) is 9.53 Å². The average molecular weight is 318 g/mol. The third-order valence-corrected chi connectivity index (χ3v) is 7.34. The van der Waals surface area contributed by atoms with E-state index in [0.717, 1.165) is 31.3 Å². The SMILES string of the molecule is O=C(OC1C2CC3CC1NN(C3)C2)C1C2CC3CC1NN(C3)C2. The van der Waals surface area contributed by atoms with Crippen LogP contribution in [0.3, 0.4) is 0 Å². The van der Waals surface area contributed by atoms with Crippen LogP contribution in [0.1, 0.15) is 25.7 Å². The number of hydrogen-bond acceptors (Lipinski definition) is 6. The van der Waals surface area contributed by atoms with Crippen LogP contribution in [0.15, 0.2) is 0 Å². The molecular formula is C17H26N4O2. The predicted octanol–water partition coefficient (Wildman–Crippen LogP) is -0.0284. The van der Waals surface area contributed by atoms with Gasteiger partial charge in [-0.1, -0.05) is 0 Å². The molecule has 0 spiro atoms. The van der Waals surface area contributed by atoms with Crippen LogP contribution in [-0.4, -0.2) is 60.4 Å². The molecule has 8 bridgehead atoms. The van der Waals surface area contributed by atoms with Crippen molar-refractivity contribution in [3.8, 4) is 0 Å². The third-order valence-electron chi connectivity index (χ3n) is 7.34. The average Bonchev–Trinajstić information content (AvgIpc) is 2.49. The number of piperidine rings is 2. The summed E-state index contributed by atoms with van der Waals surface area (Å²) in [6.07, 6.45) is 4.90. The minimum Gasteiger partial charge on any atom is -0.460 e. The lowest BCUT2D eigenvalue weighted by molar-refractivity contribution is -0.192. The first-order valence-electron chi connectivity index (χ1n) is 9.45. The van der Waals surface area contributed by atoms with Gasteiger partial charge in [-0.25, -0.2) is 15.4 Å². The van der Waals surface area contributed by atoms with Crippen molar-refractivity contribution in [3.05, 3.63) is 0 Å². The number of carbonyl (C=O) groups excluding carboxylic acids is 1. The van der Waals surface area contributed by atoms with E-state index >= 15 is 0 Å². The topological polar surface area (TPSA) is 56.8 Å². The van der Waals surface area contributed by atoms with Gasteiger partial charge < -0.3 is 4.74 Å². The monoisotopic (exact) mass is 318 g/mol. The number of ether oxygens (including phenoxy) is 1. The minimum atomic E-state index is 0.0836. The molecule has 6 saturated heterocycles. The Balaban J connectivity index is 1.19. The Labute approximate surface area is 136 Å². The van der Waals surface area contributed by atoms with Crippen molar-refractivity contribution in [2.24, 2.45) is 29.6 Å². The molecule has 2 aliphatic carbocycles. The van der Waals surface area contributed by atoms with Gasteiger partial charge in [0, 0.05) is 38.1 Å². The lowest BCUT2D eigenvalue weighted by atomic mass is 9.67. The van der Waals surface area contributed by atoms with E-state index < -0.39 is 0 Å². The molecule has 8 fully saturated rings. The van der Waals surface area contributed by atoms with Crippen LogP contribution in [0.4, 0.5) is 0 Å². The Bertz CT molecular complexity index is 483. The molecule has 0 aromatic rings. The summed E-state index contributed by atoms with van der Waals surface area (Å²) in [6.45, 7) is 4.43. The van der Waals surface area contributed by atoms with Crippen molar-refractivity contribution in [2.45, 2.75) is 43.9 Å². The highest BCUT2D eigenvalue weighted by Gasteiger charge is 2.54. The molecule has 0 aromatic heterocycles. The molecule has 23 heavy (non-hydrogen) atoms. The zero-order valence-corrected chi connectivity index (χ0v) is 13.5. The van der Waals surface area contributed by atoms with E-state index in [9.17, 15) is 4.79 Å². The van der Waals surface area contributed by atoms with Gasteiger partial charge in [-0.15, -0.1) is 0 Å². The Hall–Kier alpha value is -0.690. The van der Waals surface area contributed by atoms with E-state index in [1.807, 2.05) is 0 Å². The molecule has 10 atom stereocenters. The van der Waals surface area contributed by atoms with Crippen LogP contribution in [0.25, 0.3) is 0 Å². The molecule has 0 radical (unpaired) electrons. The second-order valence-corrected chi connectivity index (χ2v) is 8.90. The van der Waals surface area contributed by atoms with Crippen LogP contribution in [0.2, 0.25) is 0 Å². The molecule has 10 unspecified atom stereocenters. The summed E-state index contributed by atoms with van der Waals surface area (Å²) >= 11 is 0. The van der Waals surface area contributed by atoms with Crippen LogP contribution >= 0.6 is 0 Å². The van der Waals surface area contributed by atoms with Crippen molar-refractivity contribution in [1.29, 1.82) is 0 Å². The van der Waals surface area contributed by atoms with Crippen LogP contribution in [0, 0.1) is 29.6 Å². The zero-order valence-electron chi connectivity index (χ0n) is 13.5. The molecule has 126 valence electrons. The van der Waals surface area contributed by atoms with E-state index in [0.29, 0.717) is 23.9 Å². The van der Waals surface area contributed by atoms with E-state index in [1.54, 1.807) is 0 Å². The Morgan fingerprint density at radius 2 is 1.48 bits per heavy atom. The van der Waals surface area contributed by atoms with Gasteiger partial charge in [0.25, 0.3) is 0 Å². The molecular weight excluding hydrogens is 292 g/mol. The summed E-state index contributed by atoms with van der Waals surface area (Å²) in [4.78, 5) is 13.0. The Morgan fingerprint density at radius 3 is 2.17 bits per heavy atom. The van der Waals surface area contributed by atoms with E-state index in [-0.39, 0.29) is 18.0 Å². The summed E-state index contributed by atoms with van der Waals surface area (Å²) < 4.78 is 6.17. The van der Waals surface area contributed by atoms with Gasteiger partial charge in [0.15, 0.2) is 0 Å². The fourth-order valence-electron chi connectivity index (χ4n) is 6.68. The van der Waals surface area contributed by atoms with Gasteiger partial charge in [-0.05, 0) is 43.4 Å². The lowest BCUT2D eigenvalue weighted by Gasteiger charge is -2.57. The number of nitrogens with zero attached hydrogens (tertiary/aromatic N) is 2. The van der Waals surface area contributed by atoms with E-state index in [2.05, 4.69) is 20.9 Å². The van der Waals surface area contributed by atoms with Crippen molar-refractivity contribution in [2.75, 3.05) is 26.2 Å². The smallest absolute Gasteiger partial charge is 0.311 e. The number of nitrogens with one attached hydrogen (secondary N) is 2. The largest absolute Gasteiger partial charge is 0.460 e. The Morgan fingerprint density at radius 1 is 0.826 bits per heavy atom. The van der Waals surface area contributed by atoms with E-state index in [4.69, 9.17) is 4.74 Å². The molecule has 8 aliphatic rings. The molecule has 8 rings (SSSR count). The molecule has 6 nitrogen and oxygen atoms in total. The summed E-state index contributed by atoms with van der Waals surface area (Å²) in [5.41, 5.74) is 7.12. The maximum Gasteiger partial charge on any atom is 0.311 e. The second kappa shape index (κ2) is 4.69. The molecule has 6 heteroatoms. The molecule has 2 saturated carbocycles. The highest BCUT2D eigenvalue weighted by atomic mass is 16.5. The number of carbonyl (C=O) groups is 1. The number of rotatable bonds is 2. The highest BCUT2D eigenvalue weighted by molar-refractivity contribution is 5.74. The molecule has 6 heterocycles. The summed E-state index contributed by atoms with van der Waals surface area (Å²) in [5.74, 6) is 2.83. The molecule has 0 aromatic carbocycles. The first-order chi connectivity index (χ1) is 11.2. The zero-order chi connectivity index (χ0) is 15.1. The van der Waals surface area contributed by atoms with Crippen LogP contribution in [0.5, 0.6) is 0 Å². The summed E-state index contributed by atoms with van der Waals surface area (Å²) in [5, 5.41) is 4.70. The standard InChI is InChI=1S/C17H26N4O2/c22-17(15-11-1-9-3-13(15)18-20(5-9)7-11)23-16-12-2-10-4-14(16)19-21(6-10)8-12/h9-16,18-19H,1-8H2. The summed E-state index contributed by atoms with van der Waals surface area (Å²) in [6, 6.07) is 0.682. The van der Waals surface area contributed by atoms with Gasteiger partial charge in [0.05, 0.1) is 12.0 Å². The van der Waals surface area contributed by atoms with Crippen LogP contribution < -0.4 is 10.9 Å². The van der Waals surface area contributed by atoms with E-state index in [1.165, 1.54) is 32.4 Å².